The van der Waals surface area contributed by atoms with Crippen molar-refractivity contribution in [3.8, 4) is 0 Å². The van der Waals surface area contributed by atoms with E-state index < -0.39 is 5.97 Å². The number of benzene rings is 1. The molecule has 0 fully saturated rings. The van der Waals surface area contributed by atoms with Crippen LogP contribution in [0.4, 0.5) is 0 Å². The smallest absolute Gasteiger partial charge is 0.363 e. The number of hydrogen-bond donors (Lipinski definition) is 0. The van der Waals surface area contributed by atoms with Crippen LogP contribution in [0.15, 0.2) is 60.6 Å². The predicted molar refractivity (Wildman–Crippen MR) is 81.2 cm³/mol. The number of ether oxygens (including phenoxy) is 1. The van der Waals surface area contributed by atoms with Crippen LogP contribution >= 0.6 is 31.9 Å². The van der Waals surface area contributed by atoms with Gasteiger partial charge in [-0.25, -0.2) is 9.79 Å². The Kier molecular flexibility index (Phi) is 3.58. The first-order chi connectivity index (χ1) is 9.61. The van der Waals surface area contributed by atoms with E-state index in [9.17, 15) is 4.79 Å². The standard InChI is InChI=1S/C14H7Br2NO3/c15-9-3-1-8(2-4-9)7-10-14(18)20-13(17-10)11-5-6-12(16)19-11/h1-7H. The molecule has 0 saturated carbocycles. The van der Waals surface area contributed by atoms with Crippen molar-refractivity contribution in [3.05, 3.63) is 62.6 Å². The number of halogens is 2. The van der Waals surface area contributed by atoms with Crippen LogP contribution in [0.25, 0.3) is 6.08 Å². The average molecular weight is 397 g/mol. The molecule has 3 rings (SSSR count). The van der Waals surface area contributed by atoms with Gasteiger partial charge < -0.3 is 9.15 Å². The Morgan fingerprint density at radius 1 is 1.05 bits per heavy atom. The first kappa shape index (κ1) is 13.3. The predicted octanol–water partition coefficient (Wildman–Crippen LogP) is 4.15. The lowest BCUT2D eigenvalue weighted by molar-refractivity contribution is -0.130. The third kappa shape index (κ3) is 2.76. The molecular weight excluding hydrogens is 390 g/mol. The van der Waals surface area contributed by atoms with Crippen molar-refractivity contribution in [2.45, 2.75) is 0 Å². The van der Waals surface area contributed by atoms with Gasteiger partial charge in [-0.2, -0.15) is 0 Å². The normalized spacial score (nSPS) is 16.4. The fourth-order valence-corrected chi connectivity index (χ4v) is 2.23. The Hall–Kier alpha value is -1.66. The summed E-state index contributed by atoms with van der Waals surface area (Å²) >= 11 is 6.54. The van der Waals surface area contributed by atoms with Crippen LogP contribution in [0.1, 0.15) is 11.3 Å². The van der Waals surface area contributed by atoms with Gasteiger partial charge >= 0.3 is 5.97 Å². The van der Waals surface area contributed by atoms with Crippen molar-refractivity contribution >= 4 is 49.8 Å². The number of aliphatic imine (C=N–C) groups is 1. The highest BCUT2D eigenvalue weighted by Crippen LogP contribution is 2.22. The summed E-state index contributed by atoms with van der Waals surface area (Å²) in [7, 11) is 0. The molecule has 0 saturated heterocycles. The lowest BCUT2D eigenvalue weighted by Gasteiger charge is -1.94. The summed E-state index contributed by atoms with van der Waals surface area (Å²) in [4.78, 5) is 15.9. The summed E-state index contributed by atoms with van der Waals surface area (Å²) in [6.45, 7) is 0. The summed E-state index contributed by atoms with van der Waals surface area (Å²) in [6, 6.07) is 10.9. The molecule has 4 nitrogen and oxygen atoms in total. The number of furan rings is 1. The van der Waals surface area contributed by atoms with Crippen molar-refractivity contribution in [1.82, 2.24) is 0 Å². The van der Waals surface area contributed by atoms with E-state index in [0.717, 1.165) is 10.0 Å². The topological polar surface area (TPSA) is 51.8 Å². The molecule has 0 unspecified atom stereocenters. The summed E-state index contributed by atoms with van der Waals surface area (Å²) < 4.78 is 11.9. The van der Waals surface area contributed by atoms with Gasteiger partial charge in [-0.05, 0) is 51.8 Å². The van der Waals surface area contributed by atoms with Crippen LogP contribution < -0.4 is 0 Å². The van der Waals surface area contributed by atoms with Gasteiger partial charge in [0.25, 0.3) is 5.90 Å². The highest BCUT2D eigenvalue weighted by atomic mass is 79.9. The van der Waals surface area contributed by atoms with Crippen molar-refractivity contribution < 1.29 is 13.9 Å². The van der Waals surface area contributed by atoms with Gasteiger partial charge in [-0.15, -0.1) is 0 Å². The van der Waals surface area contributed by atoms with E-state index in [2.05, 4.69) is 36.9 Å². The highest BCUT2D eigenvalue weighted by molar-refractivity contribution is 9.10. The molecule has 0 spiro atoms. The molecule has 1 aliphatic heterocycles. The van der Waals surface area contributed by atoms with Gasteiger partial charge in [0, 0.05) is 4.47 Å². The molecule has 0 aliphatic carbocycles. The Morgan fingerprint density at radius 3 is 2.45 bits per heavy atom. The zero-order valence-electron chi connectivity index (χ0n) is 9.97. The van der Waals surface area contributed by atoms with Crippen LogP contribution in [-0.2, 0) is 9.53 Å². The average Bonchev–Trinajstić information content (AvgIpc) is 3.00. The number of esters is 1. The van der Waals surface area contributed by atoms with E-state index in [0.29, 0.717) is 10.4 Å². The zero-order valence-corrected chi connectivity index (χ0v) is 13.1. The molecule has 0 amide bonds. The van der Waals surface area contributed by atoms with Crippen LogP contribution in [0.5, 0.6) is 0 Å². The molecule has 100 valence electrons. The van der Waals surface area contributed by atoms with Crippen LogP contribution in [-0.4, -0.2) is 11.9 Å². The second-order valence-corrected chi connectivity index (χ2v) is 5.69. The Labute approximate surface area is 131 Å². The number of carbonyl (C=O) groups excluding carboxylic acids is 1. The van der Waals surface area contributed by atoms with E-state index >= 15 is 0 Å². The van der Waals surface area contributed by atoms with Crippen LogP contribution in [0, 0.1) is 0 Å². The van der Waals surface area contributed by atoms with Gasteiger partial charge in [0.1, 0.15) is 0 Å². The second kappa shape index (κ2) is 5.38. The molecule has 0 bridgehead atoms. The summed E-state index contributed by atoms with van der Waals surface area (Å²) in [6.07, 6.45) is 1.67. The highest BCUT2D eigenvalue weighted by Gasteiger charge is 2.26. The third-order valence-electron chi connectivity index (χ3n) is 2.58. The quantitative estimate of drug-likeness (QED) is 0.566. The minimum atomic E-state index is -0.490. The van der Waals surface area contributed by atoms with Crippen molar-refractivity contribution in [1.29, 1.82) is 0 Å². The molecule has 0 atom stereocenters. The van der Waals surface area contributed by atoms with Crippen LogP contribution in [0.3, 0.4) is 0 Å². The van der Waals surface area contributed by atoms with E-state index in [1.54, 1.807) is 18.2 Å². The van der Waals surface area contributed by atoms with Gasteiger partial charge in [-0.1, -0.05) is 28.1 Å². The molecule has 1 aliphatic rings. The van der Waals surface area contributed by atoms with Crippen molar-refractivity contribution in [2.75, 3.05) is 0 Å². The molecular formula is C14H7Br2NO3. The van der Waals surface area contributed by atoms with Crippen molar-refractivity contribution in [3.63, 3.8) is 0 Å². The fraction of sp³-hybridized carbons (Fsp3) is 0. The molecule has 2 heterocycles. The second-order valence-electron chi connectivity index (χ2n) is 3.99. The minimum Gasteiger partial charge on any atom is -0.444 e. The first-order valence-corrected chi connectivity index (χ1v) is 7.24. The van der Waals surface area contributed by atoms with E-state index in [-0.39, 0.29) is 11.6 Å². The maximum Gasteiger partial charge on any atom is 0.363 e. The molecule has 0 radical (unpaired) electrons. The number of nitrogens with zero attached hydrogens (tertiary/aromatic N) is 1. The molecule has 1 aromatic carbocycles. The minimum absolute atomic E-state index is 0.170. The SMILES string of the molecule is O=C1OC(c2ccc(Br)o2)=NC1=Cc1ccc(Br)cc1. The number of rotatable bonds is 2. The lowest BCUT2D eigenvalue weighted by atomic mass is 10.2. The molecule has 0 N–H and O–H groups in total. The van der Waals surface area contributed by atoms with Gasteiger partial charge in [-0.3, -0.25) is 0 Å². The Balaban J connectivity index is 1.92. The third-order valence-corrected chi connectivity index (χ3v) is 3.53. The fourth-order valence-electron chi connectivity index (χ4n) is 1.66. The monoisotopic (exact) mass is 395 g/mol. The number of carbonyl (C=O) groups is 1. The molecule has 2 aromatic rings. The zero-order chi connectivity index (χ0) is 14.1. The van der Waals surface area contributed by atoms with Gasteiger partial charge in [0.05, 0.1) is 0 Å². The van der Waals surface area contributed by atoms with E-state index in [4.69, 9.17) is 9.15 Å². The molecule has 6 heteroatoms. The molecule has 20 heavy (non-hydrogen) atoms. The largest absolute Gasteiger partial charge is 0.444 e. The summed E-state index contributed by atoms with van der Waals surface area (Å²) in [5, 5.41) is 0. The maximum atomic E-state index is 11.8. The van der Waals surface area contributed by atoms with Crippen LogP contribution in [0.2, 0.25) is 0 Å². The number of hydrogen-bond acceptors (Lipinski definition) is 4. The first-order valence-electron chi connectivity index (χ1n) is 5.66. The molecule has 1 aromatic heterocycles. The van der Waals surface area contributed by atoms with Crippen molar-refractivity contribution in [2.24, 2.45) is 4.99 Å². The van der Waals surface area contributed by atoms with Gasteiger partial charge in [0.2, 0.25) is 0 Å². The van der Waals surface area contributed by atoms with E-state index in [1.807, 2.05) is 24.3 Å². The summed E-state index contributed by atoms with van der Waals surface area (Å²) in [5.41, 5.74) is 1.11. The lowest BCUT2D eigenvalue weighted by Crippen LogP contribution is -2.04. The van der Waals surface area contributed by atoms with E-state index in [1.165, 1.54) is 0 Å². The summed E-state index contributed by atoms with van der Waals surface area (Å²) in [5.74, 6) is 0.0870. The van der Waals surface area contributed by atoms with Gasteiger partial charge in [0.15, 0.2) is 16.1 Å². The maximum absolute atomic E-state index is 11.8. The number of cyclic esters (lactones) is 1. The Morgan fingerprint density at radius 2 is 1.80 bits per heavy atom. The Bertz CT molecular complexity index is 729.